The molecule has 1 aromatic rings. The molecule has 0 aliphatic carbocycles. The van der Waals surface area contributed by atoms with Gasteiger partial charge in [0, 0.05) is 31.9 Å². The molecule has 2 heterocycles. The Kier molecular flexibility index (Phi) is 3.56. The number of nitrogen functional groups attached to an aromatic ring is 1. The first-order chi connectivity index (χ1) is 8.43. The van der Waals surface area contributed by atoms with Crippen LogP contribution in [0, 0.1) is 0 Å². The number of sulfonamides is 1. The molecule has 6 nitrogen and oxygen atoms in total. The van der Waals surface area contributed by atoms with Crippen molar-refractivity contribution < 1.29 is 8.42 Å². The summed E-state index contributed by atoms with van der Waals surface area (Å²) in [5, 5.41) is 0. The zero-order chi connectivity index (χ0) is 13.3. The van der Waals surface area contributed by atoms with Crippen molar-refractivity contribution in [1.29, 1.82) is 0 Å². The van der Waals surface area contributed by atoms with Crippen molar-refractivity contribution in [3.8, 4) is 0 Å². The van der Waals surface area contributed by atoms with E-state index in [4.69, 9.17) is 5.73 Å². The van der Waals surface area contributed by atoms with E-state index >= 15 is 0 Å². The SMILES string of the molecule is CC1CN(C)CCN1S(=O)(=O)c1cccnc1N. The summed E-state index contributed by atoms with van der Waals surface area (Å²) in [6.07, 6.45) is 1.49. The number of likely N-dealkylation sites (N-methyl/N-ethyl adjacent to an activating group) is 1. The predicted octanol–water partition coefficient (Wildman–Crippen LogP) is -0.0116. The molecule has 1 aromatic heterocycles. The second-order valence-corrected chi connectivity index (χ2v) is 6.47. The van der Waals surface area contributed by atoms with E-state index in [-0.39, 0.29) is 16.8 Å². The molecule has 1 unspecified atom stereocenters. The molecule has 0 radical (unpaired) electrons. The summed E-state index contributed by atoms with van der Waals surface area (Å²) in [5.74, 6) is 0.0589. The molecular formula is C11H18N4O2S. The Bertz CT molecular complexity index is 532. The van der Waals surface area contributed by atoms with Gasteiger partial charge >= 0.3 is 0 Å². The van der Waals surface area contributed by atoms with Crippen LogP contribution >= 0.6 is 0 Å². The number of hydrogen-bond acceptors (Lipinski definition) is 5. The summed E-state index contributed by atoms with van der Waals surface area (Å²) in [5.41, 5.74) is 5.66. The zero-order valence-electron chi connectivity index (χ0n) is 10.6. The van der Waals surface area contributed by atoms with Gasteiger partial charge in [-0.15, -0.1) is 0 Å². The van der Waals surface area contributed by atoms with Gasteiger partial charge in [-0.1, -0.05) is 0 Å². The third kappa shape index (κ3) is 2.33. The number of piperazine rings is 1. The van der Waals surface area contributed by atoms with Crippen molar-refractivity contribution in [1.82, 2.24) is 14.2 Å². The van der Waals surface area contributed by atoms with Gasteiger partial charge in [0.2, 0.25) is 10.0 Å². The predicted molar refractivity (Wildman–Crippen MR) is 69.5 cm³/mol. The molecule has 2 rings (SSSR count). The number of aromatic nitrogens is 1. The van der Waals surface area contributed by atoms with Crippen molar-refractivity contribution in [2.24, 2.45) is 0 Å². The number of pyridine rings is 1. The second-order valence-electron chi connectivity index (χ2n) is 4.61. The first kappa shape index (κ1) is 13.3. The van der Waals surface area contributed by atoms with Crippen LogP contribution in [0.3, 0.4) is 0 Å². The van der Waals surface area contributed by atoms with Crippen LogP contribution in [0.2, 0.25) is 0 Å². The van der Waals surface area contributed by atoms with Gasteiger partial charge in [0.15, 0.2) is 0 Å². The Labute approximate surface area is 107 Å². The molecule has 0 aromatic carbocycles. The quantitative estimate of drug-likeness (QED) is 0.817. The smallest absolute Gasteiger partial charge is 0.247 e. The van der Waals surface area contributed by atoms with E-state index in [0.717, 1.165) is 13.1 Å². The first-order valence-corrected chi connectivity index (χ1v) is 7.28. The molecule has 100 valence electrons. The molecule has 1 saturated heterocycles. The van der Waals surface area contributed by atoms with Gasteiger partial charge in [0.05, 0.1) is 0 Å². The topological polar surface area (TPSA) is 79.5 Å². The van der Waals surface area contributed by atoms with Gasteiger partial charge in [-0.25, -0.2) is 13.4 Å². The third-order valence-corrected chi connectivity index (χ3v) is 5.22. The molecule has 1 atom stereocenters. The van der Waals surface area contributed by atoms with E-state index in [1.165, 1.54) is 16.6 Å². The van der Waals surface area contributed by atoms with Crippen LogP contribution in [-0.4, -0.2) is 55.3 Å². The van der Waals surface area contributed by atoms with Crippen molar-refractivity contribution >= 4 is 15.8 Å². The van der Waals surface area contributed by atoms with Gasteiger partial charge < -0.3 is 10.6 Å². The van der Waals surface area contributed by atoms with Crippen LogP contribution in [0.4, 0.5) is 5.82 Å². The molecule has 0 amide bonds. The Morgan fingerprint density at radius 2 is 2.17 bits per heavy atom. The lowest BCUT2D eigenvalue weighted by Crippen LogP contribution is -2.52. The minimum Gasteiger partial charge on any atom is -0.383 e. The average Bonchev–Trinajstić information content (AvgIpc) is 2.28. The van der Waals surface area contributed by atoms with Crippen molar-refractivity contribution in [3.05, 3.63) is 18.3 Å². The van der Waals surface area contributed by atoms with Crippen molar-refractivity contribution in [2.45, 2.75) is 17.9 Å². The molecule has 2 N–H and O–H groups in total. The number of anilines is 1. The zero-order valence-corrected chi connectivity index (χ0v) is 11.4. The van der Waals surface area contributed by atoms with E-state index in [2.05, 4.69) is 9.88 Å². The summed E-state index contributed by atoms with van der Waals surface area (Å²) >= 11 is 0. The summed E-state index contributed by atoms with van der Waals surface area (Å²) in [7, 11) is -1.56. The van der Waals surface area contributed by atoms with Crippen LogP contribution in [0.25, 0.3) is 0 Å². The van der Waals surface area contributed by atoms with E-state index in [9.17, 15) is 8.42 Å². The summed E-state index contributed by atoms with van der Waals surface area (Å²) in [6.45, 7) is 3.83. The summed E-state index contributed by atoms with van der Waals surface area (Å²) in [4.78, 5) is 6.05. The highest BCUT2D eigenvalue weighted by Gasteiger charge is 2.33. The van der Waals surface area contributed by atoms with Crippen LogP contribution in [0.15, 0.2) is 23.2 Å². The Morgan fingerprint density at radius 1 is 1.44 bits per heavy atom. The Morgan fingerprint density at radius 3 is 2.78 bits per heavy atom. The fourth-order valence-electron chi connectivity index (χ4n) is 2.23. The highest BCUT2D eigenvalue weighted by molar-refractivity contribution is 7.89. The molecule has 0 spiro atoms. The van der Waals surface area contributed by atoms with Crippen LogP contribution < -0.4 is 5.73 Å². The fourth-order valence-corrected chi connectivity index (χ4v) is 3.91. The van der Waals surface area contributed by atoms with Crippen LogP contribution in [-0.2, 0) is 10.0 Å². The molecule has 7 heteroatoms. The maximum absolute atomic E-state index is 12.5. The largest absolute Gasteiger partial charge is 0.383 e. The summed E-state index contributed by atoms with van der Waals surface area (Å²) < 4.78 is 26.5. The molecule has 0 saturated carbocycles. The maximum Gasteiger partial charge on any atom is 0.247 e. The molecule has 0 bridgehead atoms. The Balaban J connectivity index is 2.35. The maximum atomic E-state index is 12.5. The van der Waals surface area contributed by atoms with E-state index < -0.39 is 10.0 Å². The van der Waals surface area contributed by atoms with Gasteiger partial charge in [-0.2, -0.15) is 4.31 Å². The molecule has 1 fully saturated rings. The highest BCUT2D eigenvalue weighted by Crippen LogP contribution is 2.23. The normalized spacial score (nSPS) is 23.1. The molecule has 18 heavy (non-hydrogen) atoms. The number of nitrogens with zero attached hydrogens (tertiary/aromatic N) is 3. The van der Waals surface area contributed by atoms with Crippen molar-refractivity contribution in [3.63, 3.8) is 0 Å². The van der Waals surface area contributed by atoms with E-state index in [1.807, 2.05) is 14.0 Å². The van der Waals surface area contributed by atoms with Gasteiger partial charge in [-0.05, 0) is 26.1 Å². The van der Waals surface area contributed by atoms with Gasteiger partial charge in [0.1, 0.15) is 10.7 Å². The van der Waals surface area contributed by atoms with Crippen LogP contribution in [0.5, 0.6) is 0 Å². The lowest BCUT2D eigenvalue weighted by molar-refractivity contribution is 0.170. The first-order valence-electron chi connectivity index (χ1n) is 5.84. The Hall–Kier alpha value is -1.18. The second kappa shape index (κ2) is 4.83. The van der Waals surface area contributed by atoms with E-state index in [1.54, 1.807) is 6.07 Å². The van der Waals surface area contributed by atoms with Gasteiger partial charge in [0.25, 0.3) is 0 Å². The van der Waals surface area contributed by atoms with Gasteiger partial charge in [-0.3, -0.25) is 0 Å². The number of rotatable bonds is 2. The number of hydrogen-bond donors (Lipinski definition) is 1. The lowest BCUT2D eigenvalue weighted by Gasteiger charge is -2.37. The van der Waals surface area contributed by atoms with Crippen molar-refractivity contribution in [2.75, 3.05) is 32.4 Å². The highest BCUT2D eigenvalue weighted by atomic mass is 32.2. The molecular weight excluding hydrogens is 252 g/mol. The summed E-state index contributed by atoms with van der Waals surface area (Å²) in [6, 6.07) is 3.03. The molecule has 1 aliphatic heterocycles. The number of nitrogens with two attached hydrogens (primary N) is 1. The minimum absolute atomic E-state index is 0.0589. The molecule has 1 aliphatic rings. The van der Waals surface area contributed by atoms with Crippen LogP contribution in [0.1, 0.15) is 6.92 Å². The standard InChI is InChI=1S/C11H18N4O2S/c1-9-8-14(2)6-7-15(9)18(16,17)10-4-3-5-13-11(10)12/h3-5,9H,6-8H2,1-2H3,(H2,12,13). The average molecular weight is 270 g/mol. The minimum atomic E-state index is -3.55. The van der Waals surface area contributed by atoms with E-state index in [0.29, 0.717) is 6.54 Å². The lowest BCUT2D eigenvalue weighted by atomic mass is 10.2. The third-order valence-electron chi connectivity index (χ3n) is 3.16. The monoisotopic (exact) mass is 270 g/mol. The fraction of sp³-hybridized carbons (Fsp3) is 0.545.